The van der Waals surface area contributed by atoms with Crippen molar-refractivity contribution < 1.29 is 0 Å². The molecular weight excluding hydrogens is 266 g/mol. The van der Waals surface area contributed by atoms with Crippen LogP contribution in [0.4, 0.5) is 0 Å². The summed E-state index contributed by atoms with van der Waals surface area (Å²) in [5, 5.41) is 2.64. The largest absolute Gasteiger partial charge is 0.340 e. The lowest BCUT2D eigenvalue weighted by atomic mass is 10.0. The number of benzene rings is 2. The summed E-state index contributed by atoms with van der Waals surface area (Å²) in [6.07, 6.45) is 7.60. The molecule has 0 saturated heterocycles. The first kappa shape index (κ1) is 14.6. The normalized spacial score (nSPS) is 11.1. The molecule has 0 aliphatic rings. The molecule has 1 heteroatoms. The molecule has 1 nitrogen and oxygen atoms in total. The van der Waals surface area contributed by atoms with Gasteiger partial charge in [0.05, 0.1) is 5.52 Å². The zero-order valence-corrected chi connectivity index (χ0v) is 13.3. The van der Waals surface area contributed by atoms with Crippen molar-refractivity contribution >= 4 is 34.0 Å². The Hall–Kier alpha value is -2.28. The summed E-state index contributed by atoms with van der Waals surface area (Å²) in [6.45, 7) is 11.3. The van der Waals surface area contributed by atoms with Crippen LogP contribution in [0.2, 0.25) is 0 Å². The molecule has 0 fully saturated rings. The van der Waals surface area contributed by atoms with Crippen LogP contribution in [0.1, 0.15) is 37.3 Å². The number of aryl methyl sites for hydroxylation is 1. The molecule has 0 aliphatic carbocycles. The maximum absolute atomic E-state index is 4.04. The van der Waals surface area contributed by atoms with Gasteiger partial charge in [-0.25, -0.2) is 0 Å². The molecule has 0 aliphatic heterocycles. The Kier molecular flexibility index (Phi) is 4.15. The highest BCUT2D eigenvalue weighted by atomic mass is 15.0. The van der Waals surface area contributed by atoms with E-state index in [2.05, 4.69) is 61.0 Å². The zero-order valence-electron chi connectivity index (χ0n) is 13.3. The summed E-state index contributed by atoms with van der Waals surface area (Å²) in [4.78, 5) is 0. The lowest BCUT2D eigenvalue weighted by Gasteiger charge is -2.11. The predicted octanol–water partition coefficient (Wildman–Crippen LogP) is 6.27. The molecule has 0 spiro atoms. The molecule has 0 amide bonds. The smallest absolute Gasteiger partial charge is 0.0570 e. The van der Waals surface area contributed by atoms with Crippen LogP contribution >= 0.6 is 0 Å². The van der Waals surface area contributed by atoms with E-state index in [1.807, 2.05) is 12.2 Å². The summed E-state index contributed by atoms with van der Waals surface area (Å²) in [7, 11) is 0. The lowest BCUT2D eigenvalue weighted by molar-refractivity contribution is 0.627. The summed E-state index contributed by atoms with van der Waals surface area (Å²) in [5.74, 6) is 0. The van der Waals surface area contributed by atoms with E-state index in [1.165, 1.54) is 46.6 Å². The van der Waals surface area contributed by atoms with Gasteiger partial charge in [-0.05, 0) is 18.1 Å². The first-order valence-electron chi connectivity index (χ1n) is 8.10. The number of fused-ring (bicyclic) bond motifs is 3. The Morgan fingerprint density at radius 3 is 2.50 bits per heavy atom. The van der Waals surface area contributed by atoms with Gasteiger partial charge in [0.2, 0.25) is 0 Å². The van der Waals surface area contributed by atoms with E-state index in [0.29, 0.717) is 0 Å². The number of rotatable bonds is 6. The van der Waals surface area contributed by atoms with Crippen LogP contribution in [-0.4, -0.2) is 4.57 Å². The monoisotopic (exact) mass is 289 g/mol. The van der Waals surface area contributed by atoms with Gasteiger partial charge in [0, 0.05) is 28.4 Å². The Bertz CT molecular complexity index is 836. The van der Waals surface area contributed by atoms with Gasteiger partial charge in [0.1, 0.15) is 0 Å². The van der Waals surface area contributed by atoms with Crippen molar-refractivity contribution in [1.82, 2.24) is 4.57 Å². The summed E-state index contributed by atoms with van der Waals surface area (Å²) in [5.41, 5.74) is 4.96. The average Bonchev–Trinajstić information content (AvgIpc) is 2.88. The third-order valence-corrected chi connectivity index (χ3v) is 4.42. The zero-order chi connectivity index (χ0) is 15.5. The number of nitrogens with zero attached hydrogens (tertiary/aromatic N) is 1. The van der Waals surface area contributed by atoms with Crippen LogP contribution < -0.4 is 0 Å². The molecule has 0 saturated carbocycles. The van der Waals surface area contributed by atoms with E-state index >= 15 is 0 Å². The van der Waals surface area contributed by atoms with E-state index < -0.39 is 0 Å². The summed E-state index contributed by atoms with van der Waals surface area (Å²) < 4.78 is 2.46. The third kappa shape index (κ3) is 2.27. The van der Waals surface area contributed by atoms with Gasteiger partial charge in [0.25, 0.3) is 0 Å². The standard InChI is InChI=1S/C21H23N/c1-4-7-10-15-22-20-12-9-8-11-18(20)19-14-13-16(5-2)17(6-3)21(19)22/h5-6,8-9,11-14H,2-4,7,10,15H2,1H3. The number of hydrogen-bond acceptors (Lipinski definition) is 0. The van der Waals surface area contributed by atoms with Crippen LogP contribution in [0, 0.1) is 0 Å². The highest BCUT2D eigenvalue weighted by Crippen LogP contribution is 2.34. The van der Waals surface area contributed by atoms with Crippen molar-refractivity contribution in [3.63, 3.8) is 0 Å². The number of hydrogen-bond donors (Lipinski definition) is 0. The summed E-state index contributed by atoms with van der Waals surface area (Å²) in [6, 6.07) is 13.1. The Labute approximate surface area is 132 Å². The van der Waals surface area contributed by atoms with Crippen LogP contribution in [-0.2, 0) is 6.54 Å². The van der Waals surface area contributed by atoms with E-state index in [-0.39, 0.29) is 0 Å². The fourth-order valence-corrected chi connectivity index (χ4v) is 3.33. The Morgan fingerprint density at radius 1 is 0.955 bits per heavy atom. The molecule has 0 unspecified atom stereocenters. The molecular formula is C21H23N. The van der Waals surface area contributed by atoms with Gasteiger partial charge < -0.3 is 4.57 Å². The number of para-hydroxylation sites is 1. The number of aromatic nitrogens is 1. The van der Waals surface area contributed by atoms with Crippen molar-refractivity contribution in [1.29, 1.82) is 0 Å². The van der Waals surface area contributed by atoms with Crippen molar-refractivity contribution in [2.45, 2.75) is 32.7 Å². The highest BCUT2D eigenvalue weighted by Gasteiger charge is 2.14. The number of unbranched alkanes of at least 4 members (excludes halogenated alkanes) is 2. The average molecular weight is 289 g/mol. The molecule has 2 aromatic carbocycles. The van der Waals surface area contributed by atoms with Crippen molar-refractivity contribution in [3.05, 3.63) is 60.7 Å². The van der Waals surface area contributed by atoms with Gasteiger partial charge in [0.15, 0.2) is 0 Å². The molecule has 0 atom stereocenters. The Morgan fingerprint density at radius 2 is 1.77 bits per heavy atom. The van der Waals surface area contributed by atoms with Gasteiger partial charge in [-0.2, -0.15) is 0 Å². The quantitative estimate of drug-likeness (QED) is 0.471. The molecule has 112 valence electrons. The third-order valence-electron chi connectivity index (χ3n) is 4.42. The van der Waals surface area contributed by atoms with Gasteiger partial charge in [-0.15, -0.1) is 0 Å². The molecule has 1 heterocycles. The van der Waals surface area contributed by atoms with E-state index in [1.54, 1.807) is 0 Å². The second kappa shape index (κ2) is 6.23. The van der Waals surface area contributed by atoms with Crippen LogP contribution in [0.15, 0.2) is 49.6 Å². The molecule has 22 heavy (non-hydrogen) atoms. The minimum absolute atomic E-state index is 1.05. The maximum Gasteiger partial charge on any atom is 0.0570 e. The Balaban J connectivity index is 2.35. The molecule has 3 rings (SSSR count). The molecule has 3 aromatic rings. The molecule has 0 radical (unpaired) electrons. The fourth-order valence-electron chi connectivity index (χ4n) is 3.33. The predicted molar refractivity (Wildman–Crippen MR) is 99.2 cm³/mol. The second-order valence-electron chi connectivity index (χ2n) is 5.75. The van der Waals surface area contributed by atoms with Crippen LogP contribution in [0.5, 0.6) is 0 Å². The topological polar surface area (TPSA) is 4.93 Å². The first-order valence-corrected chi connectivity index (χ1v) is 8.10. The molecule has 1 aromatic heterocycles. The highest BCUT2D eigenvalue weighted by molar-refractivity contribution is 6.11. The van der Waals surface area contributed by atoms with Crippen molar-refractivity contribution in [3.8, 4) is 0 Å². The lowest BCUT2D eigenvalue weighted by Crippen LogP contribution is -1.99. The van der Waals surface area contributed by atoms with E-state index in [0.717, 1.165) is 12.1 Å². The second-order valence-corrected chi connectivity index (χ2v) is 5.75. The molecule has 0 N–H and O–H groups in total. The minimum atomic E-state index is 1.05. The van der Waals surface area contributed by atoms with Crippen molar-refractivity contribution in [2.75, 3.05) is 0 Å². The SMILES string of the molecule is C=Cc1ccc2c3ccccc3n(CCCCC)c2c1C=C. The van der Waals surface area contributed by atoms with Crippen LogP contribution in [0.3, 0.4) is 0 Å². The first-order chi connectivity index (χ1) is 10.8. The maximum atomic E-state index is 4.04. The van der Waals surface area contributed by atoms with Crippen molar-refractivity contribution in [2.24, 2.45) is 0 Å². The van der Waals surface area contributed by atoms with Gasteiger partial charge in [-0.1, -0.05) is 75.4 Å². The van der Waals surface area contributed by atoms with Crippen LogP contribution in [0.25, 0.3) is 34.0 Å². The van der Waals surface area contributed by atoms with Gasteiger partial charge in [-0.3, -0.25) is 0 Å². The van der Waals surface area contributed by atoms with E-state index in [4.69, 9.17) is 0 Å². The van der Waals surface area contributed by atoms with E-state index in [9.17, 15) is 0 Å². The molecule has 0 bridgehead atoms. The minimum Gasteiger partial charge on any atom is -0.340 e. The van der Waals surface area contributed by atoms with Gasteiger partial charge >= 0.3 is 0 Å². The fraction of sp³-hybridized carbons (Fsp3) is 0.238. The summed E-state index contributed by atoms with van der Waals surface area (Å²) >= 11 is 0.